The van der Waals surface area contributed by atoms with Crippen molar-refractivity contribution < 1.29 is 12.8 Å². The molecule has 0 aliphatic carbocycles. The molecule has 0 radical (unpaired) electrons. The van der Waals surface area contributed by atoms with Gasteiger partial charge < -0.3 is 0 Å². The number of fused-ring (bicyclic) bond motifs is 1. The quantitative estimate of drug-likeness (QED) is 0.662. The third-order valence-corrected chi connectivity index (χ3v) is 7.48. The molecule has 0 amide bonds. The van der Waals surface area contributed by atoms with E-state index in [1.165, 1.54) is 23.3 Å². The van der Waals surface area contributed by atoms with Gasteiger partial charge >= 0.3 is 0 Å². The van der Waals surface area contributed by atoms with Gasteiger partial charge in [0.25, 0.3) is 0 Å². The van der Waals surface area contributed by atoms with Gasteiger partial charge in [-0.05, 0) is 53.3 Å². The molecule has 1 aliphatic rings. The molecule has 1 atom stereocenters. The number of nitrogens with zero attached hydrogens (tertiary/aromatic N) is 1. The van der Waals surface area contributed by atoms with E-state index in [0.29, 0.717) is 0 Å². The van der Waals surface area contributed by atoms with E-state index < -0.39 is 15.8 Å². The van der Waals surface area contributed by atoms with Gasteiger partial charge in [-0.1, -0.05) is 30.3 Å². The molecule has 0 saturated carbocycles. The molecule has 4 nitrogen and oxygen atoms in total. The third-order valence-electron chi connectivity index (χ3n) is 5.06. The molecule has 2 heterocycles. The van der Waals surface area contributed by atoms with E-state index in [-0.39, 0.29) is 17.5 Å². The standard InChI is InChI=1S/C21H21FN2O2S2/c22-18-7-9-19(10-8-18)28(25,26)23-14-20(21-6-3-13-27-21)24-12-11-16-4-1-2-5-17(16)15-24/h1-10,13,20,23H,11-12,14-15H2/t20-/m0/s1. The predicted octanol–water partition coefficient (Wildman–Crippen LogP) is 3.97. The Morgan fingerprint density at radius 3 is 2.50 bits per heavy atom. The summed E-state index contributed by atoms with van der Waals surface area (Å²) in [6.07, 6.45) is 0.947. The van der Waals surface area contributed by atoms with Gasteiger partial charge in [0.15, 0.2) is 0 Å². The van der Waals surface area contributed by atoms with Crippen molar-refractivity contribution in [1.29, 1.82) is 0 Å². The average molecular weight is 417 g/mol. The van der Waals surface area contributed by atoms with Gasteiger partial charge in [0.05, 0.1) is 10.9 Å². The summed E-state index contributed by atoms with van der Waals surface area (Å²) in [6, 6.07) is 17.3. The normalized spacial score (nSPS) is 15.9. The average Bonchev–Trinajstić information content (AvgIpc) is 3.23. The summed E-state index contributed by atoms with van der Waals surface area (Å²) in [6.45, 7) is 1.93. The molecular weight excluding hydrogens is 395 g/mol. The van der Waals surface area contributed by atoms with Crippen molar-refractivity contribution in [1.82, 2.24) is 9.62 Å². The second-order valence-electron chi connectivity index (χ2n) is 6.83. The van der Waals surface area contributed by atoms with Crippen LogP contribution in [0.1, 0.15) is 22.0 Å². The van der Waals surface area contributed by atoms with Crippen molar-refractivity contribution >= 4 is 21.4 Å². The lowest BCUT2D eigenvalue weighted by Gasteiger charge is -2.35. The van der Waals surface area contributed by atoms with Gasteiger partial charge in [-0.25, -0.2) is 17.5 Å². The fourth-order valence-corrected chi connectivity index (χ4v) is 5.46. The largest absolute Gasteiger partial charge is 0.290 e. The number of halogens is 1. The second-order valence-corrected chi connectivity index (χ2v) is 9.57. The van der Waals surface area contributed by atoms with Crippen LogP contribution in [0.5, 0.6) is 0 Å². The number of sulfonamides is 1. The summed E-state index contributed by atoms with van der Waals surface area (Å²) in [7, 11) is -3.70. The number of hydrogen-bond donors (Lipinski definition) is 1. The summed E-state index contributed by atoms with van der Waals surface area (Å²) in [5.41, 5.74) is 2.65. The topological polar surface area (TPSA) is 49.4 Å². The van der Waals surface area contributed by atoms with Gasteiger partial charge in [0.2, 0.25) is 10.0 Å². The van der Waals surface area contributed by atoms with E-state index in [4.69, 9.17) is 0 Å². The molecule has 7 heteroatoms. The maximum Gasteiger partial charge on any atom is 0.240 e. The molecule has 1 N–H and O–H groups in total. The zero-order valence-corrected chi connectivity index (χ0v) is 16.8. The van der Waals surface area contributed by atoms with E-state index in [0.717, 1.165) is 36.5 Å². The molecule has 2 aromatic carbocycles. The zero-order valence-electron chi connectivity index (χ0n) is 15.2. The van der Waals surface area contributed by atoms with Gasteiger partial charge in [-0.3, -0.25) is 4.90 Å². The number of nitrogens with one attached hydrogen (secondary N) is 1. The minimum absolute atomic E-state index is 0.0522. The van der Waals surface area contributed by atoms with Gasteiger partial charge in [0, 0.05) is 24.5 Å². The van der Waals surface area contributed by atoms with Crippen LogP contribution in [0.15, 0.2) is 70.9 Å². The molecule has 0 spiro atoms. The lowest BCUT2D eigenvalue weighted by molar-refractivity contribution is 0.183. The van der Waals surface area contributed by atoms with Crippen molar-refractivity contribution in [3.63, 3.8) is 0 Å². The monoisotopic (exact) mass is 416 g/mol. The summed E-state index contributed by atoms with van der Waals surface area (Å²) in [4.78, 5) is 3.52. The maximum absolute atomic E-state index is 13.1. The van der Waals surface area contributed by atoms with Gasteiger partial charge in [-0.15, -0.1) is 11.3 Å². The molecule has 0 fully saturated rings. The summed E-state index contributed by atoms with van der Waals surface area (Å²) in [5.74, 6) is -0.456. The van der Waals surface area contributed by atoms with Crippen molar-refractivity contribution in [2.75, 3.05) is 13.1 Å². The van der Waals surface area contributed by atoms with E-state index in [1.54, 1.807) is 11.3 Å². The molecule has 3 aromatic rings. The molecule has 0 unspecified atom stereocenters. The highest BCUT2D eigenvalue weighted by Crippen LogP contribution is 2.30. The van der Waals surface area contributed by atoms with Crippen LogP contribution in [-0.2, 0) is 23.0 Å². The Balaban J connectivity index is 1.54. The lowest BCUT2D eigenvalue weighted by Crippen LogP contribution is -2.40. The molecule has 28 heavy (non-hydrogen) atoms. The Morgan fingerprint density at radius 2 is 1.79 bits per heavy atom. The van der Waals surface area contributed by atoms with Crippen LogP contribution in [0.25, 0.3) is 0 Å². The number of benzene rings is 2. The SMILES string of the molecule is O=S(=O)(NC[C@@H](c1cccs1)N1CCc2ccccc2C1)c1ccc(F)cc1. The van der Waals surface area contributed by atoms with E-state index in [1.807, 2.05) is 23.6 Å². The fourth-order valence-electron chi connectivity index (χ4n) is 3.56. The molecule has 0 saturated heterocycles. The molecule has 1 aliphatic heterocycles. The van der Waals surface area contributed by atoms with Crippen LogP contribution in [0, 0.1) is 5.82 Å². The Morgan fingerprint density at radius 1 is 1.04 bits per heavy atom. The van der Waals surface area contributed by atoms with Crippen molar-refractivity contribution in [3.8, 4) is 0 Å². The second kappa shape index (κ2) is 8.13. The molecule has 1 aromatic heterocycles. The van der Waals surface area contributed by atoms with Crippen LogP contribution in [0.2, 0.25) is 0 Å². The lowest BCUT2D eigenvalue weighted by atomic mass is 9.98. The highest BCUT2D eigenvalue weighted by molar-refractivity contribution is 7.89. The number of rotatable bonds is 6. The molecule has 4 rings (SSSR count). The predicted molar refractivity (Wildman–Crippen MR) is 109 cm³/mol. The first-order valence-electron chi connectivity index (χ1n) is 9.12. The third kappa shape index (κ3) is 4.17. The molecule has 0 bridgehead atoms. The van der Waals surface area contributed by atoms with Crippen LogP contribution in [0.3, 0.4) is 0 Å². The Kier molecular flexibility index (Phi) is 5.59. The minimum atomic E-state index is -3.70. The first-order chi connectivity index (χ1) is 13.5. The van der Waals surface area contributed by atoms with Crippen molar-refractivity contribution in [2.45, 2.75) is 23.9 Å². The van der Waals surface area contributed by atoms with Crippen molar-refractivity contribution in [2.24, 2.45) is 0 Å². The van der Waals surface area contributed by atoms with Crippen LogP contribution >= 0.6 is 11.3 Å². The van der Waals surface area contributed by atoms with Gasteiger partial charge in [-0.2, -0.15) is 0 Å². The number of thiophene rings is 1. The highest BCUT2D eigenvalue weighted by Gasteiger charge is 2.27. The van der Waals surface area contributed by atoms with Crippen LogP contribution in [-0.4, -0.2) is 26.4 Å². The number of hydrogen-bond acceptors (Lipinski definition) is 4. The Labute approximate surface area is 168 Å². The zero-order chi connectivity index (χ0) is 19.6. The van der Waals surface area contributed by atoms with Crippen LogP contribution < -0.4 is 4.72 Å². The highest BCUT2D eigenvalue weighted by atomic mass is 32.2. The van der Waals surface area contributed by atoms with Crippen LogP contribution in [0.4, 0.5) is 4.39 Å². The Bertz CT molecular complexity index is 1030. The van der Waals surface area contributed by atoms with Gasteiger partial charge in [0.1, 0.15) is 5.82 Å². The van der Waals surface area contributed by atoms with E-state index in [2.05, 4.69) is 27.8 Å². The Hall–Kier alpha value is -2.06. The summed E-state index contributed by atoms with van der Waals surface area (Å²) < 4.78 is 41.1. The maximum atomic E-state index is 13.1. The van der Waals surface area contributed by atoms with Crippen molar-refractivity contribution in [3.05, 3.63) is 87.9 Å². The fraction of sp³-hybridized carbons (Fsp3) is 0.238. The minimum Gasteiger partial charge on any atom is -0.290 e. The smallest absolute Gasteiger partial charge is 0.240 e. The summed E-state index contributed by atoms with van der Waals surface area (Å²) >= 11 is 1.63. The van der Waals surface area contributed by atoms with E-state index in [9.17, 15) is 12.8 Å². The van der Waals surface area contributed by atoms with E-state index >= 15 is 0 Å². The summed E-state index contributed by atoms with van der Waals surface area (Å²) in [5, 5.41) is 2.01. The first-order valence-corrected chi connectivity index (χ1v) is 11.5. The first kappa shape index (κ1) is 19.3. The molecule has 146 valence electrons. The molecular formula is C21H21FN2O2S2.